The molecular formula is C23H22N2O3S. The first-order valence-electron chi connectivity index (χ1n) is 9.27. The second-order valence-corrected chi connectivity index (χ2v) is 7.35. The fourth-order valence-electron chi connectivity index (χ4n) is 3.61. The van der Waals surface area contributed by atoms with E-state index in [1.807, 2.05) is 61.5 Å². The van der Waals surface area contributed by atoms with Crippen LogP contribution in [0.5, 0.6) is 5.75 Å². The first-order chi connectivity index (χ1) is 14.0. The van der Waals surface area contributed by atoms with Gasteiger partial charge in [0.1, 0.15) is 5.75 Å². The van der Waals surface area contributed by atoms with E-state index in [1.54, 1.807) is 41.2 Å². The van der Waals surface area contributed by atoms with Gasteiger partial charge in [-0.1, -0.05) is 48.0 Å². The Morgan fingerprint density at radius 2 is 1.52 bits per heavy atom. The maximum absolute atomic E-state index is 11.9. The summed E-state index contributed by atoms with van der Waals surface area (Å²) in [5.74, 6) is 0.661. The van der Waals surface area contributed by atoms with Gasteiger partial charge in [0.05, 0.1) is 7.11 Å². The van der Waals surface area contributed by atoms with Crippen molar-refractivity contribution in [3.8, 4) is 5.75 Å². The molecule has 29 heavy (non-hydrogen) atoms. The second-order valence-electron chi connectivity index (χ2n) is 6.99. The second kappa shape index (κ2) is 7.48. The van der Waals surface area contributed by atoms with Crippen LogP contribution in [-0.4, -0.2) is 28.7 Å². The molecular weight excluding hydrogens is 384 g/mol. The Morgan fingerprint density at radius 3 is 2.10 bits per heavy atom. The molecule has 0 aromatic heterocycles. The fourth-order valence-corrected chi connectivity index (χ4v) is 4.06. The first kappa shape index (κ1) is 19.4. The molecule has 4 rings (SSSR count). The van der Waals surface area contributed by atoms with Crippen LogP contribution in [0.1, 0.15) is 11.1 Å². The Kier molecular flexibility index (Phi) is 5.00. The zero-order chi connectivity index (χ0) is 20.6. The molecule has 1 aliphatic rings. The number of para-hydroxylation sites is 1. The average Bonchev–Trinajstić information content (AvgIpc) is 2.96. The predicted octanol–water partition coefficient (Wildman–Crippen LogP) is 3.78. The summed E-state index contributed by atoms with van der Waals surface area (Å²) in [6.45, 7) is 1.99. The van der Waals surface area contributed by atoms with Crippen LogP contribution in [0, 0.1) is 6.92 Å². The van der Waals surface area contributed by atoms with Gasteiger partial charge in [0.15, 0.2) is 11.3 Å². The van der Waals surface area contributed by atoms with Crippen LogP contribution < -0.4 is 14.5 Å². The summed E-state index contributed by atoms with van der Waals surface area (Å²) in [6, 6.07) is 24.0. The van der Waals surface area contributed by atoms with E-state index >= 15 is 0 Å². The Labute approximate surface area is 175 Å². The van der Waals surface area contributed by atoms with Crippen molar-refractivity contribution in [3.63, 3.8) is 0 Å². The molecule has 2 atom stereocenters. The maximum atomic E-state index is 11.9. The van der Waals surface area contributed by atoms with Gasteiger partial charge in [-0.3, -0.25) is 9.80 Å². The monoisotopic (exact) mass is 406 g/mol. The Morgan fingerprint density at radius 1 is 0.897 bits per heavy atom. The number of hydrogen-bond donors (Lipinski definition) is 2. The number of aliphatic hydroxyl groups is 2. The maximum Gasteiger partial charge on any atom is 0.217 e. The lowest BCUT2D eigenvalue weighted by Gasteiger charge is -2.35. The molecule has 0 amide bonds. The summed E-state index contributed by atoms with van der Waals surface area (Å²) in [4.78, 5) is 3.17. The lowest BCUT2D eigenvalue weighted by Crippen LogP contribution is -2.49. The van der Waals surface area contributed by atoms with Crippen molar-refractivity contribution in [3.05, 3.63) is 90.0 Å². The third-order valence-corrected chi connectivity index (χ3v) is 5.56. The molecule has 2 N–H and O–H groups in total. The van der Waals surface area contributed by atoms with Crippen molar-refractivity contribution >= 4 is 28.7 Å². The highest BCUT2D eigenvalue weighted by atomic mass is 32.1. The van der Waals surface area contributed by atoms with Crippen molar-refractivity contribution in [1.29, 1.82) is 0 Å². The van der Waals surface area contributed by atoms with E-state index in [9.17, 15) is 10.2 Å². The normalized spacial score (nSPS) is 21.5. The summed E-state index contributed by atoms with van der Waals surface area (Å²) < 4.78 is 5.23. The summed E-state index contributed by atoms with van der Waals surface area (Å²) >= 11 is 5.74. The van der Waals surface area contributed by atoms with Crippen LogP contribution in [-0.2, 0) is 5.72 Å². The van der Waals surface area contributed by atoms with Crippen LogP contribution in [0.4, 0.5) is 11.4 Å². The molecule has 148 valence electrons. The van der Waals surface area contributed by atoms with E-state index in [4.69, 9.17) is 17.0 Å². The van der Waals surface area contributed by atoms with E-state index < -0.39 is 12.0 Å². The van der Waals surface area contributed by atoms with Crippen LogP contribution in [0.3, 0.4) is 0 Å². The minimum absolute atomic E-state index is 0.311. The summed E-state index contributed by atoms with van der Waals surface area (Å²) in [7, 11) is 1.58. The quantitative estimate of drug-likeness (QED) is 0.643. The van der Waals surface area contributed by atoms with Gasteiger partial charge in [-0.25, -0.2) is 0 Å². The number of anilines is 2. The van der Waals surface area contributed by atoms with Crippen molar-refractivity contribution in [1.82, 2.24) is 0 Å². The highest BCUT2D eigenvalue weighted by Crippen LogP contribution is 2.43. The fraction of sp³-hybridized carbons (Fsp3) is 0.174. The van der Waals surface area contributed by atoms with E-state index in [0.29, 0.717) is 27.8 Å². The standard InChI is InChI=1S/C23H22N2O3S/c1-16-8-12-18(13-9-16)24-21(26)23(27,17-10-14-20(28-2)15-11-17)25(22(24)29)19-6-4-3-5-7-19/h3-15,21,26-27H,1-2H3/t21-,23+/m0/s1. The number of aryl methyl sites for hydroxylation is 1. The highest BCUT2D eigenvalue weighted by molar-refractivity contribution is 7.80. The van der Waals surface area contributed by atoms with E-state index in [2.05, 4.69) is 0 Å². The summed E-state index contributed by atoms with van der Waals surface area (Å²) in [5, 5.41) is 23.5. The molecule has 0 saturated carbocycles. The third-order valence-electron chi connectivity index (χ3n) is 5.18. The van der Waals surface area contributed by atoms with Gasteiger partial charge < -0.3 is 14.9 Å². The largest absolute Gasteiger partial charge is 0.497 e. The molecule has 1 fully saturated rings. The molecule has 1 heterocycles. The minimum atomic E-state index is -1.78. The molecule has 5 nitrogen and oxygen atoms in total. The van der Waals surface area contributed by atoms with Gasteiger partial charge in [0.25, 0.3) is 0 Å². The molecule has 1 aliphatic heterocycles. The van der Waals surface area contributed by atoms with Crippen LogP contribution in [0.25, 0.3) is 0 Å². The summed E-state index contributed by atoms with van der Waals surface area (Å²) in [5.41, 5.74) is 1.21. The molecule has 6 heteroatoms. The van der Waals surface area contributed by atoms with Crippen molar-refractivity contribution in [2.45, 2.75) is 18.9 Å². The SMILES string of the molecule is COc1ccc([C@@]2(O)[C@H](O)N(c3ccc(C)cc3)C(=S)N2c2ccccc2)cc1. The molecule has 1 saturated heterocycles. The Hall–Kier alpha value is -2.93. The number of ether oxygens (including phenoxy) is 1. The number of thiocarbonyl (C=S) groups is 1. The molecule has 3 aromatic carbocycles. The number of aliphatic hydroxyl groups excluding tert-OH is 1. The average molecular weight is 407 g/mol. The van der Waals surface area contributed by atoms with Crippen molar-refractivity contribution < 1.29 is 14.9 Å². The van der Waals surface area contributed by atoms with Gasteiger partial charge in [-0.15, -0.1) is 0 Å². The van der Waals surface area contributed by atoms with Crippen molar-refractivity contribution in [2.24, 2.45) is 0 Å². The number of methoxy groups -OCH3 is 1. The Balaban J connectivity index is 1.87. The van der Waals surface area contributed by atoms with Gasteiger partial charge in [0, 0.05) is 16.9 Å². The van der Waals surface area contributed by atoms with E-state index in [1.165, 1.54) is 0 Å². The van der Waals surface area contributed by atoms with Gasteiger partial charge >= 0.3 is 0 Å². The molecule has 0 spiro atoms. The van der Waals surface area contributed by atoms with E-state index in [-0.39, 0.29) is 0 Å². The van der Waals surface area contributed by atoms with Crippen molar-refractivity contribution in [2.75, 3.05) is 16.9 Å². The number of benzene rings is 3. The summed E-state index contributed by atoms with van der Waals surface area (Å²) in [6.07, 6.45) is -1.31. The number of nitrogens with zero attached hydrogens (tertiary/aromatic N) is 2. The lowest BCUT2D eigenvalue weighted by molar-refractivity contribution is -0.0546. The molecule has 0 radical (unpaired) electrons. The van der Waals surface area contributed by atoms with Crippen LogP contribution >= 0.6 is 12.2 Å². The third kappa shape index (κ3) is 3.15. The van der Waals surface area contributed by atoms with Crippen LogP contribution in [0.15, 0.2) is 78.9 Å². The topological polar surface area (TPSA) is 56.2 Å². The molecule has 3 aromatic rings. The van der Waals surface area contributed by atoms with E-state index in [0.717, 1.165) is 5.56 Å². The number of rotatable bonds is 4. The van der Waals surface area contributed by atoms with Gasteiger partial charge in [-0.2, -0.15) is 0 Å². The molecule has 0 unspecified atom stereocenters. The zero-order valence-corrected chi connectivity index (χ0v) is 17.0. The highest BCUT2D eigenvalue weighted by Gasteiger charge is 2.56. The number of hydrogen-bond acceptors (Lipinski definition) is 4. The van der Waals surface area contributed by atoms with Crippen LogP contribution in [0.2, 0.25) is 0 Å². The van der Waals surface area contributed by atoms with Gasteiger partial charge in [0.2, 0.25) is 5.72 Å². The lowest BCUT2D eigenvalue weighted by atomic mass is 9.99. The molecule has 0 aliphatic carbocycles. The first-order valence-corrected chi connectivity index (χ1v) is 9.67. The Bertz CT molecular complexity index is 1010. The van der Waals surface area contributed by atoms with Gasteiger partial charge in [-0.05, 0) is 55.5 Å². The zero-order valence-electron chi connectivity index (χ0n) is 16.2. The smallest absolute Gasteiger partial charge is 0.217 e. The predicted molar refractivity (Wildman–Crippen MR) is 118 cm³/mol. The minimum Gasteiger partial charge on any atom is -0.497 e. The molecule has 0 bridgehead atoms.